The Kier molecular flexibility index (Phi) is 4.75. The van der Waals surface area contributed by atoms with Crippen molar-refractivity contribution in [3.8, 4) is 5.75 Å². The van der Waals surface area contributed by atoms with E-state index in [-0.39, 0.29) is 5.91 Å². The van der Waals surface area contributed by atoms with E-state index in [0.717, 1.165) is 10.0 Å². The third-order valence-electron chi connectivity index (χ3n) is 2.79. The number of nitrogens with one attached hydrogen (secondary N) is 1. The summed E-state index contributed by atoms with van der Waals surface area (Å²) < 4.78 is 6.14. The fourth-order valence-electron chi connectivity index (χ4n) is 1.70. The Hall–Kier alpha value is -2.14. The average molecular weight is 348 g/mol. The predicted molar refractivity (Wildman–Crippen MR) is 84.6 cm³/mol. The molecule has 0 atom stereocenters. The first-order valence-corrected chi connectivity index (χ1v) is 7.11. The Morgan fingerprint density at radius 2 is 1.76 bits per heavy atom. The van der Waals surface area contributed by atoms with Crippen molar-refractivity contribution in [2.24, 2.45) is 0 Å². The molecule has 21 heavy (non-hydrogen) atoms. The highest BCUT2D eigenvalue weighted by Crippen LogP contribution is 2.20. The van der Waals surface area contributed by atoms with Crippen LogP contribution in [-0.2, 0) is 4.79 Å². The maximum absolute atomic E-state index is 12.0. The van der Waals surface area contributed by atoms with Crippen LogP contribution in [0.2, 0.25) is 0 Å². The number of hydrogen-bond donors (Lipinski definition) is 1. The van der Waals surface area contributed by atoms with E-state index in [9.17, 15) is 9.59 Å². The highest BCUT2D eigenvalue weighted by molar-refractivity contribution is 9.10. The number of ether oxygens (including phenoxy) is 1. The van der Waals surface area contributed by atoms with E-state index in [0.29, 0.717) is 17.0 Å². The highest BCUT2D eigenvalue weighted by atomic mass is 79.9. The van der Waals surface area contributed by atoms with Crippen molar-refractivity contribution in [3.05, 3.63) is 58.1 Å². The minimum absolute atomic E-state index is 0.149. The zero-order valence-corrected chi connectivity index (χ0v) is 13.2. The molecule has 0 aromatic heterocycles. The van der Waals surface area contributed by atoms with Crippen molar-refractivity contribution in [1.29, 1.82) is 0 Å². The lowest BCUT2D eigenvalue weighted by molar-refractivity contribution is -0.114. The third kappa shape index (κ3) is 4.16. The molecule has 2 aromatic rings. The first-order chi connectivity index (χ1) is 9.95. The Morgan fingerprint density at radius 1 is 1.10 bits per heavy atom. The molecule has 0 aliphatic rings. The summed E-state index contributed by atoms with van der Waals surface area (Å²) in [6, 6.07) is 11.9. The fourth-order valence-corrected chi connectivity index (χ4v) is 2.07. The third-order valence-corrected chi connectivity index (χ3v) is 3.65. The van der Waals surface area contributed by atoms with Crippen LogP contribution in [0.3, 0.4) is 0 Å². The molecular formula is C16H14BrNO3. The molecule has 2 aromatic carbocycles. The molecule has 0 spiro atoms. The van der Waals surface area contributed by atoms with E-state index in [1.54, 1.807) is 36.4 Å². The summed E-state index contributed by atoms with van der Waals surface area (Å²) in [6.45, 7) is 3.38. The molecular weight excluding hydrogens is 334 g/mol. The zero-order valence-electron chi connectivity index (χ0n) is 11.6. The van der Waals surface area contributed by atoms with Gasteiger partial charge in [0.1, 0.15) is 5.75 Å². The quantitative estimate of drug-likeness (QED) is 0.675. The second-order valence-corrected chi connectivity index (χ2v) is 5.41. The number of rotatable bonds is 3. The molecule has 0 aliphatic heterocycles. The lowest BCUT2D eigenvalue weighted by Gasteiger charge is -2.07. The lowest BCUT2D eigenvalue weighted by atomic mass is 10.1. The van der Waals surface area contributed by atoms with E-state index in [2.05, 4.69) is 21.2 Å². The molecule has 0 heterocycles. The van der Waals surface area contributed by atoms with Crippen LogP contribution in [0.4, 0.5) is 5.69 Å². The fraction of sp³-hybridized carbons (Fsp3) is 0.125. The number of amides is 1. The molecule has 0 saturated carbocycles. The van der Waals surface area contributed by atoms with Crippen LogP contribution in [0.25, 0.3) is 0 Å². The van der Waals surface area contributed by atoms with Crippen LogP contribution in [-0.4, -0.2) is 11.9 Å². The van der Waals surface area contributed by atoms with Gasteiger partial charge in [0, 0.05) is 17.1 Å². The van der Waals surface area contributed by atoms with Gasteiger partial charge in [0.25, 0.3) is 0 Å². The van der Waals surface area contributed by atoms with Gasteiger partial charge >= 0.3 is 5.97 Å². The SMILES string of the molecule is CC(=O)Nc1ccc(OC(=O)c2ccc(C)c(Br)c2)cc1. The summed E-state index contributed by atoms with van der Waals surface area (Å²) >= 11 is 3.38. The minimum Gasteiger partial charge on any atom is -0.423 e. The zero-order chi connectivity index (χ0) is 15.4. The molecule has 0 aliphatic carbocycles. The summed E-state index contributed by atoms with van der Waals surface area (Å²) in [5, 5.41) is 2.65. The largest absolute Gasteiger partial charge is 0.423 e. The van der Waals surface area contributed by atoms with Gasteiger partial charge in [0.05, 0.1) is 5.56 Å². The topological polar surface area (TPSA) is 55.4 Å². The summed E-state index contributed by atoms with van der Waals surface area (Å²) in [7, 11) is 0. The van der Waals surface area contributed by atoms with Gasteiger partial charge in [-0.15, -0.1) is 0 Å². The number of benzene rings is 2. The molecule has 0 radical (unpaired) electrons. The number of carbonyl (C=O) groups is 2. The molecule has 5 heteroatoms. The molecule has 0 unspecified atom stereocenters. The van der Waals surface area contributed by atoms with Crippen molar-refractivity contribution in [2.75, 3.05) is 5.32 Å². The van der Waals surface area contributed by atoms with Crippen LogP contribution >= 0.6 is 15.9 Å². The maximum atomic E-state index is 12.0. The molecule has 1 amide bonds. The molecule has 1 N–H and O–H groups in total. The Bertz CT molecular complexity index is 680. The molecule has 0 fully saturated rings. The summed E-state index contributed by atoms with van der Waals surface area (Å²) in [6.07, 6.45) is 0. The molecule has 4 nitrogen and oxygen atoms in total. The van der Waals surface area contributed by atoms with Gasteiger partial charge in [-0.2, -0.15) is 0 Å². The molecule has 0 saturated heterocycles. The van der Waals surface area contributed by atoms with Crippen LogP contribution < -0.4 is 10.1 Å². The number of carbonyl (C=O) groups excluding carboxylic acids is 2. The molecule has 108 valence electrons. The van der Waals surface area contributed by atoms with Crippen molar-refractivity contribution in [1.82, 2.24) is 0 Å². The van der Waals surface area contributed by atoms with Crippen LogP contribution in [0, 0.1) is 6.92 Å². The minimum atomic E-state index is -0.428. The monoisotopic (exact) mass is 347 g/mol. The number of aryl methyl sites for hydroxylation is 1. The van der Waals surface area contributed by atoms with E-state index in [1.165, 1.54) is 6.92 Å². The first-order valence-electron chi connectivity index (χ1n) is 6.31. The van der Waals surface area contributed by atoms with Crippen LogP contribution in [0.5, 0.6) is 5.75 Å². The van der Waals surface area contributed by atoms with Crippen LogP contribution in [0.15, 0.2) is 46.9 Å². The second-order valence-electron chi connectivity index (χ2n) is 4.56. The Labute approximate surface area is 131 Å². The highest BCUT2D eigenvalue weighted by Gasteiger charge is 2.10. The number of anilines is 1. The van der Waals surface area contributed by atoms with Gasteiger partial charge in [0.15, 0.2) is 0 Å². The number of halogens is 1. The van der Waals surface area contributed by atoms with E-state index < -0.39 is 5.97 Å². The molecule has 2 rings (SSSR count). The summed E-state index contributed by atoms with van der Waals surface area (Å²) in [4.78, 5) is 22.9. The van der Waals surface area contributed by atoms with Gasteiger partial charge < -0.3 is 10.1 Å². The van der Waals surface area contributed by atoms with Crippen molar-refractivity contribution < 1.29 is 14.3 Å². The maximum Gasteiger partial charge on any atom is 0.343 e. The van der Waals surface area contributed by atoms with Gasteiger partial charge in [0.2, 0.25) is 5.91 Å². The van der Waals surface area contributed by atoms with Crippen molar-refractivity contribution in [3.63, 3.8) is 0 Å². The Balaban J connectivity index is 2.08. The predicted octanol–water partition coefficient (Wildman–Crippen LogP) is 3.94. The summed E-state index contributed by atoms with van der Waals surface area (Å²) in [5.41, 5.74) is 2.17. The van der Waals surface area contributed by atoms with Crippen LogP contribution in [0.1, 0.15) is 22.8 Å². The second kappa shape index (κ2) is 6.54. The standard InChI is InChI=1S/C16H14BrNO3/c1-10-3-4-12(9-15(10)17)16(20)21-14-7-5-13(6-8-14)18-11(2)19/h3-9H,1-2H3,(H,18,19). The smallest absolute Gasteiger partial charge is 0.343 e. The van der Waals surface area contributed by atoms with E-state index in [1.807, 2.05) is 13.0 Å². The van der Waals surface area contributed by atoms with Crippen molar-refractivity contribution >= 4 is 33.5 Å². The normalized spacial score (nSPS) is 10.0. The van der Waals surface area contributed by atoms with E-state index >= 15 is 0 Å². The van der Waals surface area contributed by atoms with E-state index in [4.69, 9.17) is 4.74 Å². The summed E-state index contributed by atoms with van der Waals surface area (Å²) in [5.74, 6) is -0.155. The first kappa shape index (κ1) is 15.3. The van der Waals surface area contributed by atoms with Gasteiger partial charge in [-0.1, -0.05) is 22.0 Å². The van der Waals surface area contributed by atoms with Crippen molar-refractivity contribution in [2.45, 2.75) is 13.8 Å². The molecule has 0 bridgehead atoms. The van der Waals surface area contributed by atoms with Gasteiger partial charge in [-0.25, -0.2) is 4.79 Å². The van der Waals surface area contributed by atoms with Gasteiger partial charge in [-0.05, 0) is 48.9 Å². The lowest BCUT2D eigenvalue weighted by Crippen LogP contribution is -2.09. The number of hydrogen-bond acceptors (Lipinski definition) is 3. The van der Waals surface area contributed by atoms with Gasteiger partial charge in [-0.3, -0.25) is 4.79 Å². The Morgan fingerprint density at radius 3 is 2.33 bits per heavy atom. The average Bonchev–Trinajstić information content (AvgIpc) is 2.43. The number of esters is 1.